The van der Waals surface area contributed by atoms with Crippen LogP contribution in [0.15, 0.2) is 56.1 Å². The predicted molar refractivity (Wildman–Crippen MR) is 88.8 cm³/mol. The van der Waals surface area contributed by atoms with E-state index in [0.717, 1.165) is 22.2 Å². The summed E-state index contributed by atoms with van der Waals surface area (Å²) in [5, 5.41) is 8.10. The molecule has 2 heterocycles. The van der Waals surface area contributed by atoms with Gasteiger partial charge in [-0.05, 0) is 43.7 Å². The lowest BCUT2D eigenvalue weighted by atomic mass is 10.1. The second kappa shape index (κ2) is 5.49. The molecular formula is C18H15N3O3. The molecule has 6 nitrogen and oxygen atoms in total. The molecule has 0 radical (unpaired) electrons. The standard InChI is InChI=1S/C18H15N3O3/c1-11-3-6-13(7-4-11)17-20-19-16(24-17)10-21-14-9-12(2)5-8-15(14)23-18(21)22/h3-9H,10H2,1-2H3. The Morgan fingerprint density at radius 3 is 2.50 bits per heavy atom. The van der Waals surface area contributed by atoms with Gasteiger partial charge in [-0.1, -0.05) is 23.8 Å². The highest BCUT2D eigenvalue weighted by molar-refractivity contribution is 5.73. The second-order valence-electron chi connectivity index (χ2n) is 5.79. The normalized spacial score (nSPS) is 11.2. The number of hydrogen-bond donors (Lipinski definition) is 0. The van der Waals surface area contributed by atoms with Crippen molar-refractivity contribution in [2.24, 2.45) is 0 Å². The molecule has 0 spiro atoms. The Kier molecular flexibility index (Phi) is 3.30. The van der Waals surface area contributed by atoms with Crippen LogP contribution < -0.4 is 5.76 Å². The summed E-state index contributed by atoms with van der Waals surface area (Å²) in [7, 11) is 0. The van der Waals surface area contributed by atoms with E-state index in [2.05, 4.69) is 10.2 Å². The highest BCUT2D eigenvalue weighted by Gasteiger charge is 2.14. The van der Waals surface area contributed by atoms with Crippen molar-refractivity contribution in [2.45, 2.75) is 20.4 Å². The number of aromatic nitrogens is 3. The van der Waals surface area contributed by atoms with Gasteiger partial charge < -0.3 is 8.83 Å². The van der Waals surface area contributed by atoms with Gasteiger partial charge in [-0.3, -0.25) is 4.57 Å². The maximum atomic E-state index is 12.1. The van der Waals surface area contributed by atoms with Crippen molar-refractivity contribution in [3.05, 3.63) is 70.0 Å². The number of rotatable bonds is 3. The highest BCUT2D eigenvalue weighted by Crippen LogP contribution is 2.20. The van der Waals surface area contributed by atoms with Crippen LogP contribution in [0.1, 0.15) is 17.0 Å². The van der Waals surface area contributed by atoms with E-state index in [4.69, 9.17) is 8.83 Å². The quantitative estimate of drug-likeness (QED) is 0.579. The molecule has 6 heteroatoms. The van der Waals surface area contributed by atoms with Crippen LogP contribution >= 0.6 is 0 Å². The molecule has 0 bridgehead atoms. The van der Waals surface area contributed by atoms with Crippen molar-refractivity contribution in [2.75, 3.05) is 0 Å². The van der Waals surface area contributed by atoms with Crippen LogP contribution in [-0.2, 0) is 6.54 Å². The Morgan fingerprint density at radius 2 is 1.71 bits per heavy atom. The summed E-state index contributed by atoms with van der Waals surface area (Å²) in [5.41, 5.74) is 4.31. The summed E-state index contributed by atoms with van der Waals surface area (Å²) in [6.45, 7) is 4.15. The van der Waals surface area contributed by atoms with Crippen molar-refractivity contribution in [1.29, 1.82) is 0 Å². The number of benzene rings is 2. The Hall–Kier alpha value is -3.15. The van der Waals surface area contributed by atoms with Gasteiger partial charge in [-0.15, -0.1) is 10.2 Å². The van der Waals surface area contributed by atoms with Crippen molar-refractivity contribution in [3.63, 3.8) is 0 Å². The SMILES string of the molecule is Cc1ccc(-c2nnc(Cn3c(=O)oc4ccc(C)cc43)o2)cc1. The summed E-state index contributed by atoms with van der Waals surface area (Å²) in [5.74, 6) is 0.351. The van der Waals surface area contributed by atoms with E-state index in [-0.39, 0.29) is 6.54 Å². The van der Waals surface area contributed by atoms with Gasteiger partial charge >= 0.3 is 5.76 Å². The molecule has 120 valence electrons. The van der Waals surface area contributed by atoms with Gasteiger partial charge in [0.05, 0.1) is 5.52 Å². The zero-order valence-electron chi connectivity index (χ0n) is 13.3. The van der Waals surface area contributed by atoms with Crippen LogP contribution in [0.25, 0.3) is 22.6 Å². The number of oxazole rings is 1. The third-order valence-corrected chi connectivity index (χ3v) is 3.88. The summed E-state index contributed by atoms with van der Waals surface area (Å²) >= 11 is 0. The van der Waals surface area contributed by atoms with Gasteiger partial charge in [0.1, 0.15) is 6.54 Å². The van der Waals surface area contributed by atoms with Gasteiger partial charge in [-0.2, -0.15) is 0 Å². The fourth-order valence-corrected chi connectivity index (χ4v) is 2.59. The van der Waals surface area contributed by atoms with Crippen molar-refractivity contribution in [3.8, 4) is 11.5 Å². The summed E-state index contributed by atoms with van der Waals surface area (Å²) in [6, 6.07) is 13.4. The van der Waals surface area contributed by atoms with Crippen LogP contribution in [0, 0.1) is 13.8 Å². The largest absolute Gasteiger partial charge is 0.420 e. The Balaban J connectivity index is 1.69. The number of fused-ring (bicyclic) bond motifs is 1. The van der Waals surface area contributed by atoms with E-state index >= 15 is 0 Å². The third kappa shape index (κ3) is 2.52. The van der Waals surface area contributed by atoms with Crippen LogP contribution in [0.4, 0.5) is 0 Å². The fraction of sp³-hybridized carbons (Fsp3) is 0.167. The molecule has 0 fully saturated rings. The van der Waals surface area contributed by atoms with E-state index in [1.54, 1.807) is 6.07 Å². The lowest BCUT2D eigenvalue weighted by Gasteiger charge is -1.99. The first kappa shape index (κ1) is 14.4. The smallest absolute Gasteiger partial charge is 0.419 e. The molecule has 0 N–H and O–H groups in total. The van der Waals surface area contributed by atoms with E-state index in [0.29, 0.717) is 17.4 Å². The summed E-state index contributed by atoms with van der Waals surface area (Å²) in [6.07, 6.45) is 0. The molecule has 0 atom stereocenters. The zero-order valence-corrected chi connectivity index (χ0v) is 13.3. The molecule has 0 amide bonds. The van der Waals surface area contributed by atoms with E-state index in [1.807, 2.05) is 50.2 Å². The maximum absolute atomic E-state index is 12.1. The molecule has 0 saturated carbocycles. The lowest BCUT2D eigenvalue weighted by molar-refractivity contribution is 0.461. The lowest BCUT2D eigenvalue weighted by Crippen LogP contribution is -2.15. The zero-order chi connectivity index (χ0) is 16.7. The minimum absolute atomic E-state index is 0.175. The minimum atomic E-state index is -0.439. The topological polar surface area (TPSA) is 74.1 Å². The van der Waals surface area contributed by atoms with Crippen LogP contribution in [0.3, 0.4) is 0 Å². The van der Waals surface area contributed by atoms with E-state index in [9.17, 15) is 4.79 Å². The van der Waals surface area contributed by atoms with Gasteiger partial charge in [0.25, 0.3) is 0 Å². The highest BCUT2D eigenvalue weighted by atomic mass is 16.4. The summed E-state index contributed by atoms with van der Waals surface area (Å²) < 4.78 is 12.4. The Morgan fingerprint density at radius 1 is 0.958 bits per heavy atom. The van der Waals surface area contributed by atoms with Gasteiger partial charge in [0.15, 0.2) is 5.58 Å². The van der Waals surface area contributed by atoms with E-state index in [1.165, 1.54) is 4.57 Å². The van der Waals surface area contributed by atoms with E-state index < -0.39 is 5.76 Å². The molecular weight excluding hydrogens is 306 g/mol. The molecule has 0 aliphatic rings. The van der Waals surface area contributed by atoms with Gasteiger partial charge in [-0.25, -0.2) is 4.79 Å². The molecule has 24 heavy (non-hydrogen) atoms. The second-order valence-corrected chi connectivity index (χ2v) is 5.79. The average molecular weight is 321 g/mol. The minimum Gasteiger partial charge on any atom is -0.419 e. The maximum Gasteiger partial charge on any atom is 0.420 e. The number of nitrogens with zero attached hydrogens (tertiary/aromatic N) is 3. The molecule has 4 aromatic rings. The molecule has 0 aliphatic carbocycles. The molecule has 2 aromatic carbocycles. The first-order valence-corrected chi connectivity index (χ1v) is 7.59. The third-order valence-electron chi connectivity index (χ3n) is 3.88. The Bertz CT molecular complexity index is 1070. The van der Waals surface area contributed by atoms with Crippen LogP contribution in [0.5, 0.6) is 0 Å². The van der Waals surface area contributed by atoms with Crippen molar-refractivity contribution < 1.29 is 8.83 Å². The summed E-state index contributed by atoms with van der Waals surface area (Å²) in [4.78, 5) is 12.1. The van der Waals surface area contributed by atoms with Gasteiger partial charge in [0.2, 0.25) is 11.8 Å². The van der Waals surface area contributed by atoms with Gasteiger partial charge in [0, 0.05) is 5.56 Å². The predicted octanol–water partition coefficient (Wildman–Crippen LogP) is 3.31. The fourth-order valence-electron chi connectivity index (χ4n) is 2.59. The average Bonchev–Trinajstić information content (AvgIpc) is 3.14. The molecule has 4 rings (SSSR count). The first-order valence-electron chi connectivity index (χ1n) is 7.59. The van der Waals surface area contributed by atoms with Crippen molar-refractivity contribution in [1.82, 2.24) is 14.8 Å². The molecule has 2 aromatic heterocycles. The Labute approximate surface area is 137 Å². The molecule has 0 unspecified atom stereocenters. The number of aryl methyl sites for hydroxylation is 2. The van der Waals surface area contributed by atoms with Crippen LogP contribution in [0.2, 0.25) is 0 Å². The molecule has 0 aliphatic heterocycles. The molecule has 0 saturated heterocycles. The van der Waals surface area contributed by atoms with Crippen LogP contribution in [-0.4, -0.2) is 14.8 Å². The first-order chi connectivity index (χ1) is 11.6. The van der Waals surface area contributed by atoms with Crippen molar-refractivity contribution >= 4 is 11.1 Å². The monoisotopic (exact) mass is 321 g/mol. The number of hydrogen-bond acceptors (Lipinski definition) is 5.